The summed E-state index contributed by atoms with van der Waals surface area (Å²) in [4.78, 5) is 13.6. The molecule has 0 aromatic carbocycles. The molecular weight excluding hydrogens is 214 g/mol. The zero-order valence-electron chi connectivity index (χ0n) is 11.2. The van der Waals surface area contributed by atoms with Gasteiger partial charge in [0.15, 0.2) is 0 Å². The number of nitrogens with zero attached hydrogens (tertiary/aromatic N) is 1. The molecule has 0 spiro atoms. The molecule has 0 bridgehead atoms. The highest BCUT2D eigenvalue weighted by molar-refractivity contribution is 5.71. The first-order chi connectivity index (χ1) is 7.99. The van der Waals surface area contributed by atoms with Crippen molar-refractivity contribution in [3.63, 3.8) is 0 Å². The zero-order valence-corrected chi connectivity index (χ0v) is 11.2. The fourth-order valence-electron chi connectivity index (χ4n) is 3.61. The summed E-state index contributed by atoms with van der Waals surface area (Å²) in [6.07, 6.45) is 3.89. The number of carboxylic acid groups (broad SMARTS) is 1. The van der Waals surface area contributed by atoms with Crippen molar-refractivity contribution in [3.05, 3.63) is 0 Å². The molecule has 1 heterocycles. The van der Waals surface area contributed by atoms with E-state index in [0.717, 1.165) is 24.9 Å². The number of likely N-dealkylation sites (tertiary alicyclic amines) is 1. The lowest BCUT2D eigenvalue weighted by Crippen LogP contribution is -2.42. The van der Waals surface area contributed by atoms with Crippen LogP contribution in [0, 0.1) is 23.7 Å². The maximum atomic E-state index is 11.2. The van der Waals surface area contributed by atoms with Crippen LogP contribution in [0.1, 0.15) is 40.0 Å². The molecule has 98 valence electrons. The highest BCUT2D eigenvalue weighted by Gasteiger charge is 2.40. The lowest BCUT2D eigenvalue weighted by atomic mass is 9.79. The van der Waals surface area contributed by atoms with E-state index in [2.05, 4.69) is 25.7 Å². The van der Waals surface area contributed by atoms with E-state index in [-0.39, 0.29) is 5.92 Å². The molecule has 5 unspecified atom stereocenters. The minimum Gasteiger partial charge on any atom is -0.481 e. The Labute approximate surface area is 104 Å². The van der Waals surface area contributed by atoms with E-state index < -0.39 is 5.97 Å². The molecular formula is C14H25NO2. The maximum absolute atomic E-state index is 11.2. The largest absolute Gasteiger partial charge is 0.481 e. The number of hydrogen-bond acceptors (Lipinski definition) is 2. The van der Waals surface area contributed by atoms with E-state index in [1.165, 1.54) is 19.3 Å². The van der Waals surface area contributed by atoms with Gasteiger partial charge in [-0.3, -0.25) is 9.69 Å². The summed E-state index contributed by atoms with van der Waals surface area (Å²) in [5.74, 6) is 1.06. The molecule has 0 aromatic rings. The standard InChI is InChI=1S/C14H25NO2/c1-9-4-5-10(2)13(6-9)15-7-11(3)12(8-15)14(16)17/h9-13H,4-8H2,1-3H3,(H,16,17). The fourth-order valence-corrected chi connectivity index (χ4v) is 3.61. The van der Waals surface area contributed by atoms with Crippen molar-refractivity contribution in [2.75, 3.05) is 13.1 Å². The quantitative estimate of drug-likeness (QED) is 0.804. The Hall–Kier alpha value is -0.570. The van der Waals surface area contributed by atoms with Crippen molar-refractivity contribution < 1.29 is 9.90 Å². The molecule has 2 aliphatic rings. The van der Waals surface area contributed by atoms with Crippen LogP contribution in [-0.4, -0.2) is 35.1 Å². The highest BCUT2D eigenvalue weighted by Crippen LogP contribution is 2.35. The average Bonchev–Trinajstić information content (AvgIpc) is 2.64. The van der Waals surface area contributed by atoms with Crippen LogP contribution in [0.3, 0.4) is 0 Å². The van der Waals surface area contributed by atoms with Crippen LogP contribution in [0.25, 0.3) is 0 Å². The predicted molar refractivity (Wildman–Crippen MR) is 67.8 cm³/mol. The molecule has 1 saturated heterocycles. The molecule has 1 aliphatic carbocycles. The Kier molecular flexibility index (Phi) is 3.76. The van der Waals surface area contributed by atoms with E-state index in [9.17, 15) is 9.90 Å². The first-order valence-electron chi connectivity index (χ1n) is 6.96. The van der Waals surface area contributed by atoms with Crippen LogP contribution in [0.2, 0.25) is 0 Å². The van der Waals surface area contributed by atoms with Crippen molar-refractivity contribution >= 4 is 5.97 Å². The molecule has 3 nitrogen and oxygen atoms in total. The first-order valence-corrected chi connectivity index (χ1v) is 6.96. The fraction of sp³-hybridized carbons (Fsp3) is 0.929. The summed E-state index contributed by atoms with van der Waals surface area (Å²) in [6, 6.07) is 0.616. The third-order valence-electron chi connectivity index (χ3n) is 4.84. The van der Waals surface area contributed by atoms with E-state index in [1.54, 1.807) is 0 Å². The zero-order chi connectivity index (χ0) is 12.6. The number of carboxylic acids is 1. The van der Waals surface area contributed by atoms with Gasteiger partial charge in [0.2, 0.25) is 0 Å². The van der Waals surface area contributed by atoms with Crippen LogP contribution in [0.4, 0.5) is 0 Å². The normalized spacial score (nSPS) is 43.8. The number of hydrogen-bond donors (Lipinski definition) is 1. The van der Waals surface area contributed by atoms with Gasteiger partial charge in [-0.25, -0.2) is 0 Å². The molecule has 1 saturated carbocycles. The van der Waals surface area contributed by atoms with Gasteiger partial charge in [-0.05, 0) is 30.6 Å². The molecule has 0 radical (unpaired) electrons. The van der Waals surface area contributed by atoms with E-state index in [1.807, 2.05) is 0 Å². The third kappa shape index (κ3) is 2.65. The molecule has 1 N–H and O–H groups in total. The van der Waals surface area contributed by atoms with Crippen molar-refractivity contribution in [2.45, 2.75) is 46.1 Å². The van der Waals surface area contributed by atoms with Gasteiger partial charge in [-0.2, -0.15) is 0 Å². The summed E-state index contributed by atoms with van der Waals surface area (Å²) in [7, 11) is 0. The van der Waals surface area contributed by atoms with Gasteiger partial charge in [0.1, 0.15) is 0 Å². The summed E-state index contributed by atoms with van der Waals surface area (Å²) >= 11 is 0. The van der Waals surface area contributed by atoms with Crippen molar-refractivity contribution in [3.8, 4) is 0 Å². The Balaban J connectivity index is 2.01. The summed E-state index contributed by atoms with van der Waals surface area (Å²) in [6.45, 7) is 8.47. The number of rotatable bonds is 2. The van der Waals surface area contributed by atoms with Gasteiger partial charge in [0.25, 0.3) is 0 Å². The van der Waals surface area contributed by atoms with E-state index >= 15 is 0 Å². The molecule has 0 amide bonds. The van der Waals surface area contributed by atoms with E-state index in [4.69, 9.17) is 0 Å². The van der Waals surface area contributed by atoms with Gasteiger partial charge in [0.05, 0.1) is 5.92 Å². The van der Waals surface area contributed by atoms with Crippen molar-refractivity contribution in [1.82, 2.24) is 4.90 Å². The first kappa shape index (κ1) is 12.9. The van der Waals surface area contributed by atoms with Gasteiger partial charge in [-0.15, -0.1) is 0 Å². The maximum Gasteiger partial charge on any atom is 0.308 e. The second-order valence-corrected chi connectivity index (χ2v) is 6.34. The lowest BCUT2D eigenvalue weighted by molar-refractivity contribution is -0.142. The predicted octanol–water partition coefficient (Wildman–Crippen LogP) is 2.46. The summed E-state index contributed by atoms with van der Waals surface area (Å²) in [5.41, 5.74) is 0. The van der Waals surface area contributed by atoms with Gasteiger partial charge >= 0.3 is 5.97 Å². The van der Waals surface area contributed by atoms with Crippen LogP contribution < -0.4 is 0 Å². The minimum atomic E-state index is -0.614. The lowest BCUT2D eigenvalue weighted by Gasteiger charge is -2.39. The molecule has 1 aliphatic heterocycles. The summed E-state index contributed by atoms with van der Waals surface area (Å²) < 4.78 is 0. The molecule has 2 rings (SSSR count). The van der Waals surface area contributed by atoms with Crippen LogP contribution in [0.5, 0.6) is 0 Å². The second-order valence-electron chi connectivity index (χ2n) is 6.34. The van der Waals surface area contributed by atoms with Gasteiger partial charge in [0, 0.05) is 19.1 Å². The Morgan fingerprint density at radius 2 is 1.82 bits per heavy atom. The Morgan fingerprint density at radius 1 is 1.12 bits per heavy atom. The number of carbonyl (C=O) groups is 1. The average molecular weight is 239 g/mol. The van der Waals surface area contributed by atoms with Crippen LogP contribution in [-0.2, 0) is 4.79 Å². The van der Waals surface area contributed by atoms with Crippen molar-refractivity contribution in [2.24, 2.45) is 23.7 Å². The Bertz CT molecular complexity index is 292. The highest BCUT2D eigenvalue weighted by atomic mass is 16.4. The molecule has 17 heavy (non-hydrogen) atoms. The van der Waals surface area contributed by atoms with E-state index in [0.29, 0.717) is 12.0 Å². The molecule has 2 fully saturated rings. The van der Waals surface area contributed by atoms with Gasteiger partial charge < -0.3 is 5.11 Å². The minimum absolute atomic E-state index is 0.153. The molecule has 0 aromatic heterocycles. The molecule has 3 heteroatoms. The smallest absolute Gasteiger partial charge is 0.308 e. The topological polar surface area (TPSA) is 40.5 Å². The van der Waals surface area contributed by atoms with Gasteiger partial charge in [-0.1, -0.05) is 27.2 Å². The third-order valence-corrected chi connectivity index (χ3v) is 4.84. The summed E-state index contributed by atoms with van der Waals surface area (Å²) in [5, 5.41) is 9.19. The van der Waals surface area contributed by atoms with Crippen LogP contribution >= 0.6 is 0 Å². The molecule has 5 atom stereocenters. The second kappa shape index (κ2) is 4.97. The van der Waals surface area contributed by atoms with Crippen molar-refractivity contribution in [1.29, 1.82) is 0 Å². The number of aliphatic carboxylic acids is 1. The monoisotopic (exact) mass is 239 g/mol. The Morgan fingerprint density at radius 3 is 2.41 bits per heavy atom. The van der Waals surface area contributed by atoms with Crippen LogP contribution in [0.15, 0.2) is 0 Å². The SMILES string of the molecule is CC1CCC(C)C(N2CC(C)C(C(=O)O)C2)C1.